The number of benzene rings is 8. The van der Waals surface area contributed by atoms with E-state index in [9.17, 15) is 10.2 Å². The van der Waals surface area contributed by atoms with Crippen molar-refractivity contribution < 1.29 is 10.2 Å². The predicted molar refractivity (Wildman–Crippen MR) is 313 cm³/mol. The molecule has 8 aromatic carbocycles. The van der Waals surface area contributed by atoms with Gasteiger partial charge in [-0.2, -0.15) is 0 Å². The van der Waals surface area contributed by atoms with Gasteiger partial charge in [-0.1, -0.05) is 164 Å². The Morgan fingerprint density at radius 1 is 0.403 bits per heavy atom. The largest absolute Gasteiger partial charge is 0.507 e. The highest BCUT2D eigenvalue weighted by molar-refractivity contribution is 7.95. The summed E-state index contributed by atoms with van der Waals surface area (Å²) < 4.78 is 0. The summed E-state index contributed by atoms with van der Waals surface area (Å²) in [6.07, 6.45) is 9.34. The van der Waals surface area contributed by atoms with Crippen molar-refractivity contribution in [3.05, 3.63) is 240 Å². The van der Waals surface area contributed by atoms with Crippen molar-refractivity contribution in [3.63, 3.8) is 0 Å². The highest BCUT2D eigenvalue weighted by Gasteiger charge is 2.47. The zero-order valence-electron chi connectivity index (χ0n) is 42.9. The average Bonchev–Trinajstić information content (AvgIpc) is 3.40. The Kier molecular flexibility index (Phi) is 15.2. The standard InChI is InChI=1S/C66H68N2O2P2/c1-65(2,3)59-43-49(47-71(53-27-13-7-14-28-53,54-29-15-8-16-30-54)55-31-17-9-18-32-55)41-51(63(59)69)45-67-61-39-25-26-40-62(61)68-46-52-42-50(44-60(64(52)70)66(4,5)6)48-72(56-33-19-10-20-34-56,57-35-21-11-22-36-57)58-37-23-12-24-38-58/h7-24,27-38,41-46,61-62H,25-26,39-40,47-48H2,1-6H3/p+2/t61-,62-/m1/s1. The quantitative estimate of drug-likeness (QED) is 0.0842. The van der Waals surface area contributed by atoms with Gasteiger partial charge in [0.15, 0.2) is 0 Å². The van der Waals surface area contributed by atoms with E-state index in [1.165, 1.54) is 43.0 Å². The first-order valence-electron chi connectivity index (χ1n) is 25.7. The van der Waals surface area contributed by atoms with E-state index in [1.54, 1.807) is 0 Å². The summed E-state index contributed by atoms with van der Waals surface area (Å²) in [7, 11) is -4.44. The van der Waals surface area contributed by atoms with Crippen molar-refractivity contribution >= 4 is 58.8 Å². The SMILES string of the molecule is CC(C)(C)c1cc(C[P+](c2ccccc2)(c2ccccc2)c2ccccc2)cc(C=N[C@@H]2CCCC[C@H]2N=Cc2cc(C[P+](c3ccccc3)(c3ccccc3)c3ccccc3)cc(C(C)(C)C)c2O)c1O. The molecule has 6 heteroatoms. The number of phenols is 2. The summed E-state index contributed by atoms with van der Waals surface area (Å²) in [6.45, 7) is 13.1. The van der Waals surface area contributed by atoms with E-state index in [4.69, 9.17) is 9.98 Å². The Morgan fingerprint density at radius 2 is 0.653 bits per heavy atom. The summed E-state index contributed by atoms with van der Waals surface area (Å²) in [5.41, 5.74) is 5.00. The van der Waals surface area contributed by atoms with Gasteiger partial charge < -0.3 is 10.2 Å². The zero-order chi connectivity index (χ0) is 50.4. The topological polar surface area (TPSA) is 65.2 Å². The van der Waals surface area contributed by atoms with Crippen molar-refractivity contribution in [3.8, 4) is 11.5 Å². The third-order valence-electron chi connectivity index (χ3n) is 14.5. The van der Waals surface area contributed by atoms with Crippen LogP contribution in [0.1, 0.15) is 101 Å². The molecule has 0 saturated heterocycles. The van der Waals surface area contributed by atoms with Gasteiger partial charge in [-0.15, -0.1) is 0 Å². The van der Waals surface area contributed by atoms with E-state index in [-0.39, 0.29) is 34.4 Å². The fourth-order valence-electron chi connectivity index (χ4n) is 10.8. The molecule has 1 aliphatic carbocycles. The maximum atomic E-state index is 12.2. The Morgan fingerprint density at radius 3 is 0.889 bits per heavy atom. The minimum Gasteiger partial charge on any atom is -0.507 e. The van der Waals surface area contributed by atoms with Crippen LogP contribution in [0.25, 0.3) is 0 Å². The molecule has 0 radical (unpaired) electrons. The number of phenolic OH excluding ortho intramolecular Hbond substituents is 2. The Balaban J connectivity index is 1.09. The molecule has 0 bridgehead atoms. The third kappa shape index (κ3) is 10.7. The molecule has 72 heavy (non-hydrogen) atoms. The molecule has 9 rings (SSSR count). The molecule has 8 aromatic rings. The van der Waals surface area contributed by atoms with Crippen LogP contribution in [0.4, 0.5) is 0 Å². The van der Waals surface area contributed by atoms with Crippen molar-refractivity contribution in [2.75, 3.05) is 0 Å². The van der Waals surface area contributed by atoms with Crippen LogP contribution in [-0.2, 0) is 23.2 Å². The van der Waals surface area contributed by atoms with Gasteiger partial charge in [0.1, 0.15) is 57.9 Å². The lowest BCUT2D eigenvalue weighted by molar-refractivity contribution is 0.390. The average molecular weight is 985 g/mol. The zero-order valence-corrected chi connectivity index (χ0v) is 44.7. The van der Waals surface area contributed by atoms with Crippen LogP contribution in [0.5, 0.6) is 11.5 Å². The fraction of sp³-hybridized carbons (Fsp3) is 0.242. The lowest BCUT2D eigenvalue weighted by atomic mass is 9.84. The molecule has 1 fully saturated rings. The monoisotopic (exact) mass is 984 g/mol. The maximum absolute atomic E-state index is 12.2. The lowest BCUT2D eigenvalue weighted by Crippen LogP contribution is -2.32. The van der Waals surface area contributed by atoms with Crippen LogP contribution in [0.15, 0.2) is 216 Å². The molecule has 0 aromatic heterocycles. The third-order valence-corrected chi connectivity index (χ3v) is 23.3. The molecule has 0 spiro atoms. The van der Waals surface area contributed by atoms with E-state index >= 15 is 0 Å². The van der Waals surface area contributed by atoms with Gasteiger partial charge in [0.25, 0.3) is 0 Å². The minimum atomic E-state index is -2.22. The first-order valence-corrected chi connectivity index (χ1v) is 29.6. The second-order valence-electron chi connectivity index (χ2n) is 21.6. The molecule has 0 amide bonds. The van der Waals surface area contributed by atoms with Gasteiger partial charge >= 0.3 is 0 Å². The summed E-state index contributed by atoms with van der Waals surface area (Å²) >= 11 is 0. The van der Waals surface area contributed by atoms with E-state index in [0.717, 1.165) is 60.3 Å². The normalized spacial score (nSPS) is 15.8. The molecule has 2 N–H and O–H groups in total. The maximum Gasteiger partial charge on any atom is 0.128 e. The number of aliphatic imine (C=N–C) groups is 2. The highest BCUT2D eigenvalue weighted by Crippen LogP contribution is 2.60. The van der Waals surface area contributed by atoms with Gasteiger partial charge in [-0.3, -0.25) is 9.98 Å². The first kappa shape index (κ1) is 50.5. The fourth-order valence-corrected chi connectivity index (χ4v) is 19.3. The molecule has 1 aliphatic rings. The number of aromatic hydroxyl groups is 2. The molecule has 2 atom stereocenters. The molecule has 4 nitrogen and oxygen atoms in total. The number of nitrogens with zero attached hydrogens (tertiary/aromatic N) is 2. The van der Waals surface area contributed by atoms with E-state index < -0.39 is 14.5 Å². The van der Waals surface area contributed by atoms with E-state index in [1.807, 2.05) is 12.4 Å². The van der Waals surface area contributed by atoms with Crippen LogP contribution in [-0.4, -0.2) is 34.7 Å². The highest BCUT2D eigenvalue weighted by atomic mass is 31.2. The van der Waals surface area contributed by atoms with Crippen molar-refractivity contribution in [2.24, 2.45) is 9.98 Å². The summed E-state index contributed by atoms with van der Waals surface area (Å²) in [4.78, 5) is 10.7. The molecule has 364 valence electrons. The molecular weight excluding hydrogens is 915 g/mol. The summed E-state index contributed by atoms with van der Waals surface area (Å²) in [5.74, 6) is 0.566. The molecule has 1 saturated carbocycles. The molecule has 0 unspecified atom stereocenters. The van der Waals surface area contributed by atoms with Crippen LogP contribution in [0, 0.1) is 0 Å². The van der Waals surface area contributed by atoms with Crippen LogP contribution in [0.2, 0.25) is 0 Å². The number of hydrogen-bond acceptors (Lipinski definition) is 4. The van der Waals surface area contributed by atoms with Crippen molar-refractivity contribution in [1.29, 1.82) is 0 Å². The Hall–Kier alpha value is -6.44. The van der Waals surface area contributed by atoms with E-state index in [0.29, 0.717) is 0 Å². The van der Waals surface area contributed by atoms with Crippen LogP contribution < -0.4 is 31.8 Å². The first-order chi connectivity index (χ1) is 34.8. The summed E-state index contributed by atoms with van der Waals surface area (Å²) in [5, 5.41) is 32.2. The Bertz CT molecular complexity index is 2700. The minimum absolute atomic E-state index is 0.0825. The Labute approximate surface area is 430 Å². The van der Waals surface area contributed by atoms with Crippen LogP contribution in [0.3, 0.4) is 0 Å². The van der Waals surface area contributed by atoms with Gasteiger partial charge in [0.05, 0.1) is 24.4 Å². The molecule has 0 heterocycles. The summed E-state index contributed by atoms with van der Waals surface area (Å²) in [6, 6.07) is 74.7. The molecular formula is C66H70N2O2P2+2. The predicted octanol–water partition coefficient (Wildman–Crippen LogP) is 13.5. The smallest absolute Gasteiger partial charge is 0.128 e. The van der Waals surface area contributed by atoms with E-state index in [2.05, 4.69) is 248 Å². The molecule has 0 aliphatic heterocycles. The van der Waals surface area contributed by atoms with Crippen LogP contribution >= 0.6 is 14.5 Å². The lowest BCUT2D eigenvalue weighted by Gasteiger charge is -2.29. The second-order valence-corrected chi connectivity index (χ2v) is 28.6. The second kappa shape index (κ2) is 21.7. The van der Waals surface area contributed by atoms with Gasteiger partial charge in [0, 0.05) is 34.7 Å². The number of rotatable bonds is 14. The van der Waals surface area contributed by atoms with Gasteiger partial charge in [-0.05, 0) is 132 Å². The van der Waals surface area contributed by atoms with Gasteiger partial charge in [0.2, 0.25) is 0 Å². The van der Waals surface area contributed by atoms with Crippen molar-refractivity contribution in [1.82, 2.24) is 0 Å². The number of hydrogen-bond donors (Lipinski definition) is 2. The van der Waals surface area contributed by atoms with Crippen molar-refractivity contribution in [2.45, 2.75) is 102 Å². The van der Waals surface area contributed by atoms with Gasteiger partial charge in [-0.25, -0.2) is 0 Å².